The summed E-state index contributed by atoms with van der Waals surface area (Å²) in [6.45, 7) is 10.7. The van der Waals surface area contributed by atoms with E-state index in [-0.39, 0.29) is 11.7 Å². The van der Waals surface area contributed by atoms with E-state index in [2.05, 4.69) is 39.6 Å². The van der Waals surface area contributed by atoms with Gasteiger partial charge in [-0.1, -0.05) is 18.2 Å². The topological polar surface area (TPSA) is 29.4 Å². The Morgan fingerprint density at radius 2 is 1.48 bits per heavy atom. The number of aliphatic imine (C=N–C) groups is 1. The molecule has 2 aromatic carbocycles. The summed E-state index contributed by atoms with van der Waals surface area (Å²) >= 11 is 0. The van der Waals surface area contributed by atoms with Crippen LogP contribution in [0.3, 0.4) is 0 Å². The van der Waals surface area contributed by atoms with Crippen LogP contribution in [-0.4, -0.2) is 12.0 Å². The highest BCUT2D eigenvalue weighted by Gasteiger charge is 2.26. The molecule has 1 heterocycles. The second kappa shape index (κ2) is 5.77. The molecule has 0 aromatic heterocycles. The third-order valence-electron chi connectivity index (χ3n) is 5.49. The van der Waals surface area contributed by atoms with Gasteiger partial charge in [-0.25, -0.2) is 0 Å². The molecule has 1 unspecified atom stereocenters. The van der Waals surface area contributed by atoms with E-state index >= 15 is 0 Å². The van der Waals surface area contributed by atoms with E-state index in [4.69, 9.17) is 0 Å². The number of hydrogen-bond donors (Lipinski definition) is 0. The number of hydrogen-bond acceptors (Lipinski definition) is 2. The Hall–Kier alpha value is -2.22. The molecular weight excluding hydrogens is 282 g/mol. The molecule has 1 atom stereocenters. The van der Waals surface area contributed by atoms with Gasteiger partial charge >= 0.3 is 0 Å². The quantitative estimate of drug-likeness (QED) is 0.798. The summed E-state index contributed by atoms with van der Waals surface area (Å²) in [4.78, 5) is 17.3. The third kappa shape index (κ3) is 2.52. The first-order valence-corrected chi connectivity index (χ1v) is 8.13. The van der Waals surface area contributed by atoms with Crippen LogP contribution in [0, 0.1) is 34.6 Å². The lowest BCUT2D eigenvalue weighted by Crippen LogP contribution is -2.16. The molecule has 0 amide bonds. The van der Waals surface area contributed by atoms with E-state index in [0.717, 1.165) is 11.3 Å². The molecule has 0 radical (unpaired) electrons. The van der Waals surface area contributed by atoms with Crippen LogP contribution in [0.15, 0.2) is 29.3 Å². The van der Waals surface area contributed by atoms with E-state index < -0.39 is 0 Å². The number of para-hydroxylation sites is 1. The first kappa shape index (κ1) is 15.7. The molecule has 23 heavy (non-hydrogen) atoms. The van der Waals surface area contributed by atoms with Crippen LogP contribution in [0.1, 0.15) is 44.9 Å². The Kier molecular flexibility index (Phi) is 3.93. The van der Waals surface area contributed by atoms with Crippen molar-refractivity contribution in [2.24, 2.45) is 4.99 Å². The molecule has 3 rings (SSSR count). The molecule has 1 aliphatic heterocycles. The lowest BCUT2D eigenvalue weighted by Gasteiger charge is -2.19. The standard InChI is InChI=1S/C21H23NO/c1-12-13(2)15(4)18(16(5)14(12)3)10-21(23)19-11-22-20-9-7-6-8-17(19)20/h6-9,11,19H,10H2,1-5H3. The Bertz CT molecular complexity index is 801. The van der Waals surface area contributed by atoms with Gasteiger partial charge in [-0.05, 0) is 79.6 Å². The van der Waals surface area contributed by atoms with Gasteiger partial charge in [0.2, 0.25) is 0 Å². The fraction of sp³-hybridized carbons (Fsp3) is 0.333. The van der Waals surface area contributed by atoms with Gasteiger partial charge in [-0.3, -0.25) is 9.79 Å². The molecule has 2 heteroatoms. The maximum atomic E-state index is 12.9. The average molecular weight is 305 g/mol. The maximum Gasteiger partial charge on any atom is 0.150 e. The highest BCUT2D eigenvalue weighted by Crippen LogP contribution is 2.34. The molecule has 0 N–H and O–H groups in total. The van der Waals surface area contributed by atoms with Crippen molar-refractivity contribution in [2.45, 2.75) is 47.0 Å². The number of benzene rings is 2. The summed E-state index contributed by atoms with van der Waals surface area (Å²) in [7, 11) is 0. The number of carbonyl (C=O) groups is 1. The maximum absolute atomic E-state index is 12.9. The largest absolute Gasteiger partial charge is 0.298 e. The molecule has 0 saturated heterocycles. The normalized spacial score (nSPS) is 15.8. The van der Waals surface area contributed by atoms with Crippen molar-refractivity contribution in [1.29, 1.82) is 0 Å². The van der Waals surface area contributed by atoms with Gasteiger partial charge in [-0.2, -0.15) is 0 Å². The van der Waals surface area contributed by atoms with Crippen LogP contribution < -0.4 is 0 Å². The van der Waals surface area contributed by atoms with E-state index in [1.54, 1.807) is 6.21 Å². The molecule has 0 fully saturated rings. The summed E-state index contributed by atoms with van der Waals surface area (Å²) < 4.78 is 0. The molecule has 0 aliphatic carbocycles. The zero-order valence-corrected chi connectivity index (χ0v) is 14.5. The van der Waals surface area contributed by atoms with Crippen LogP contribution in [0.5, 0.6) is 0 Å². The van der Waals surface area contributed by atoms with E-state index in [0.29, 0.717) is 6.42 Å². The molecule has 0 bridgehead atoms. The fourth-order valence-electron chi connectivity index (χ4n) is 3.49. The minimum absolute atomic E-state index is 0.202. The Labute approximate surface area is 138 Å². The smallest absolute Gasteiger partial charge is 0.150 e. The zero-order chi connectivity index (χ0) is 16.7. The summed E-state index contributed by atoms with van der Waals surface area (Å²) in [6.07, 6.45) is 2.27. The van der Waals surface area contributed by atoms with Gasteiger partial charge in [-0.15, -0.1) is 0 Å². The molecule has 2 nitrogen and oxygen atoms in total. The third-order valence-corrected chi connectivity index (χ3v) is 5.49. The Morgan fingerprint density at radius 3 is 2.13 bits per heavy atom. The number of rotatable bonds is 3. The number of fused-ring (bicyclic) bond motifs is 1. The fourth-order valence-corrected chi connectivity index (χ4v) is 3.49. The van der Waals surface area contributed by atoms with Crippen molar-refractivity contribution >= 4 is 17.7 Å². The molecule has 2 aromatic rings. The van der Waals surface area contributed by atoms with Crippen LogP contribution in [0.25, 0.3) is 0 Å². The highest BCUT2D eigenvalue weighted by atomic mass is 16.1. The van der Waals surface area contributed by atoms with Gasteiger partial charge in [0.1, 0.15) is 5.78 Å². The summed E-state index contributed by atoms with van der Waals surface area (Å²) in [5.74, 6) is 0.0273. The molecule has 1 aliphatic rings. The van der Waals surface area contributed by atoms with Gasteiger partial charge < -0.3 is 0 Å². The SMILES string of the molecule is Cc1c(C)c(C)c(CC(=O)C2C=Nc3ccccc32)c(C)c1C. The van der Waals surface area contributed by atoms with Crippen LogP contribution in [0.4, 0.5) is 5.69 Å². The van der Waals surface area contributed by atoms with Gasteiger partial charge in [0, 0.05) is 12.6 Å². The van der Waals surface area contributed by atoms with Crippen molar-refractivity contribution < 1.29 is 4.79 Å². The number of ketones is 1. The number of nitrogens with zero attached hydrogens (tertiary/aromatic N) is 1. The van der Waals surface area contributed by atoms with Crippen molar-refractivity contribution in [2.75, 3.05) is 0 Å². The number of Topliss-reactive ketones (excluding diaryl/α,β-unsaturated/α-hetero) is 1. The Morgan fingerprint density at radius 1 is 0.913 bits per heavy atom. The van der Waals surface area contributed by atoms with Crippen molar-refractivity contribution in [3.63, 3.8) is 0 Å². The van der Waals surface area contributed by atoms with Crippen LogP contribution >= 0.6 is 0 Å². The molecule has 0 saturated carbocycles. The van der Waals surface area contributed by atoms with Gasteiger partial charge in [0.25, 0.3) is 0 Å². The number of carbonyl (C=O) groups excluding carboxylic acids is 1. The first-order valence-electron chi connectivity index (χ1n) is 8.13. The predicted octanol–water partition coefficient (Wildman–Crippen LogP) is 4.84. The summed E-state index contributed by atoms with van der Waals surface area (Å²) in [5, 5.41) is 0. The van der Waals surface area contributed by atoms with Gasteiger partial charge in [0.15, 0.2) is 0 Å². The van der Waals surface area contributed by atoms with E-state index in [1.807, 2.05) is 24.3 Å². The predicted molar refractivity (Wildman–Crippen MR) is 96.2 cm³/mol. The van der Waals surface area contributed by atoms with Gasteiger partial charge in [0.05, 0.1) is 11.6 Å². The monoisotopic (exact) mass is 305 g/mol. The van der Waals surface area contributed by atoms with Crippen molar-refractivity contribution in [1.82, 2.24) is 0 Å². The van der Waals surface area contributed by atoms with Crippen LogP contribution in [-0.2, 0) is 11.2 Å². The molecule has 0 spiro atoms. The highest BCUT2D eigenvalue weighted by molar-refractivity contribution is 6.05. The molecular formula is C21H23NO. The average Bonchev–Trinajstić information content (AvgIpc) is 2.99. The van der Waals surface area contributed by atoms with Crippen molar-refractivity contribution in [3.8, 4) is 0 Å². The molecule has 118 valence electrons. The van der Waals surface area contributed by atoms with Crippen molar-refractivity contribution in [3.05, 3.63) is 63.2 Å². The summed E-state index contributed by atoms with van der Waals surface area (Å²) in [6, 6.07) is 7.92. The summed E-state index contributed by atoms with van der Waals surface area (Å²) in [5.41, 5.74) is 9.60. The van der Waals surface area contributed by atoms with Crippen LogP contribution in [0.2, 0.25) is 0 Å². The first-order chi connectivity index (χ1) is 10.9. The van der Waals surface area contributed by atoms with E-state index in [9.17, 15) is 4.79 Å². The lowest BCUT2D eigenvalue weighted by molar-refractivity contribution is -0.118. The minimum atomic E-state index is -0.202. The zero-order valence-electron chi connectivity index (χ0n) is 14.5. The lowest BCUT2D eigenvalue weighted by atomic mass is 9.85. The Balaban J connectivity index is 1.95. The second-order valence-electron chi connectivity index (χ2n) is 6.56. The second-order valence-corrected chi connectivity index (χ2v) is 6.56. The van der Waals surface area contributed by atoms with E-state index in [1.165, 1.54) is 33.4 Å². The minimum Gasteiger partial charge on any atom is -0.298 e.